The minimum atomic E-state index is -4.64. The lowest BCUT2D eigenvalue weighted by Crippen LogP contribution is -2.56. The summed E-state index contributed by atoms with van der Waals surface area (Å²) in [6.45, 7) is 13.0. The molecule has 0 heterocycles. The zero-order chi connectivity index (χ0) is 30.3. The number of anilines is 1. The number of carbonyl (C=O) groups is 3. The molecule has 3 amide bonds. The molecule has 2 rings (SSSR count). The molecular weight excluding hydrogens is 523 g/mol. The van der Waals surface area contributed by atoms with Gasteiger partial charge in [-0.05, 0) is 77.8 Å². The first-order valence-corrected chi connectivity index (χ1v) is 13.1. The normalized spacial score (nSPS) is 12.6. The van der Waals surface area contributed by atoms with Crippen molar-refractivity contribution >= 4 is 23.4 Å². The van der Waals surface area contributed by atoms with E-state index in [0.717, 1.165) is 28.8 Å². The number of nitrogens with one attached hydrogen (secondary N) is 5. The molecular formula is C29H40F3N5O3. The summed E-state index contributed by atoms with van der Waals surface area (Å²) in [5.74, 6) is -1.93. The van der Waals surface area contributed by atoms with E-state index in [2.05, 4.69) is 32.7 Å². The zero-order valence-electron chi connectivity index (χ0n) is 24.1. The Morgan fingerprint density at radius 3 is 2.20 bits per heavy atom. The molecule has 2 aromatic rings. The fraction of sp³-hybridized carbons (Fsp3) is 0.483. The standard InChI is InChI=1S/C29H40F3N5O3/c1-17(2)35-23-11-10-21(29(30,31)32)13-22(23)26(39)34-16-25(38)36-24(27(40)37-28(5,6)7)15-33-14-20-9-8-18(3)12-19(20)4/h8-13,17,24,33,35H,14-16H2,1-7H3,(H,34,39)(H,36,38)(H,37,40). The quantitative estimate of drug-likeness (QED) is 0.283. The summed E-state index contributed by atoms with van der Waals surface area (Å²) in [5.41, 5.74) is 1.71. The number of alkyl halides is 3. The molecule has 0 fully saturated rings. The third-order valence-electron chi connectivity index (χ3n) is 5.76. The molecule has 0 saturated heterocycles. The average molecular weight is 564 g/mol. The molecule has 0 spiro atoms. The van der Waals surface area contributed by atoms with Crippen molar-refractivity contribution in [3.63, 3.8) is 0 Å². The van der Waals surface area contributed by atoms with Crippen LogP contribution in [0.3, 0.4) is 0 Å². The number of halogens is 3. The van der Waals surface area contributed by atoms with Crippen LogP contribution in [0.4, 0.5) is 18.9 Å². The molecule has 0 aliphatic heterocycles. The van der Waals surface area contributed by atoms with Crippen molar-refractivity contribution in [3.8, 4) is 0 Å². The minimum absolute atomic E-state index is 0.116. The van der Waals surface area contributed by atoms with Gasteiger partial charge in [-0.2, -0.15) is 13.2 Å². The van der Waals surface area contributed by atoms with Gasteiger partial charge in [-0.3, -0.25) is 14.4 Å². The van der Waals surface area contributed by atoms with Gasteiger partial charge in [-0.25, -0.2) is 0 Å². The van der Waals surface area contributed by atoms with Crippen LogP contribution in [0.25, 0.3) is 0 Å². The van der Waals surface area contributed by atoms with E-state index in [1.807, 2.05) is 46.8 Å². The molecule has 40 heavy (non-hydrogen) atoms. The van der Waals surface area contributed by atoms with Crippen LogP contribution in [-0.4, -0.2) is 48.4 Å². The van der Waals surface area contributed by atoms with Gasteiger partial charge in [0.05, 0.1) is 17.7 Å². The van der Waals surface area contributed by atoms with E-state index in [-0.39, 0.29) is 23.8 Å². The molecule has 1 unspecified atom stereocenters. The maximum Gasteiger partial charge on any atom is 0.416 e. The molecule has 0 aromatic heterocycles. The van der Waals surface area contributed by atoms with Crippen molar-refractivity contribution in [1.29, 1.82) is 0 Å². The first-order valence-electron chi connectivity index (χ1n) is 13.1. The van der Waals surface area contributed by atoms with Crippen LogP contribution >= 0.6 is 0 Å². The van der Waals surface area contributed by atoms with Crippen LogP contribution in [0.5, 0.6) is 0 Å². The molecule has 1 atom stereocenters. The van der Waals surface area contributed by atoms with Crippen LogP contribution in [0, 0.1) is 13.8 Å². The lowest BCUT2D eigenvalue weighted by molar-refractivity contribution is -0.137. The molecule has 220 valence electrons. The molecule has 2 aromatic carbocycles. The zero-order valence-corrected chi connectivity index (χ0v) is 24.1. The molecule has 8 nitrogen and oxygen atoms in total. The summed E-state index contributed by atoms with van der Waals surface area (Å²) < 4.78 is 39.8. The molecule has 0 aliphatic rings. The van der Waals surface area contributed by atoms with Crippen molar-refractivity contribution in [2.75, 3.05) is 18.4 Å². The summed E-state index contributed by atoms with van der Waals surface area (Å²) in [5, 5.41) is 14.0. The lowest BCUT2D eigenvalue weighted by atomic mass is 10.1. The molecule has 11 heteroatoms. The number of carbonyl (C=O) groups excluding carboxylic acids is 3. The SMILES string of the molecule is Cc1ccc(CNCC(NC(=O)CNC(=O)c2cc(C(F)(F)F)ccc2NC(C)C)C(=O)NC(C)(C)C)c(C)c1. The van der Waals surface area contributed by atoms with E-state index in [0.29, 0.717) is 6.54 Å². The smallest absolute Gasteiger partial charge is 0.382 e. The Morgan fingerprint density at radius 1 is 0.950 bits per heavy atom. The number of hydrogen-bond donors (Lipinski definition) is 5. The predicted octanol–water partition coefficient (Wildman–Crippen LogP) is 4.06. The summed E-state index contributed by atoms with van der Waals surface area (Å²) in [7, 11) is 0. The van der Waals surface area contributed by atoms with E-state index in [9.17, 15) is 27.6 Å². The van der Waals surface area contributed by atoms with Gasteiger partial charge < -0.3 is 26.6 Å². The number of rotatable bonds is 11. The Hall–Kier alpha value is -3.60. The number of benzene rings is 2. The topological polar surface area (TPSA) is 111 Å². The number of aryl methyl sites for hydroxylation is 2. The van der Waals surface area contributed by atoms with Crippen molar-refractivity contribution in [2.45, 2.75) is 78.8 Å². The van der Waals surface area contributed by atoms with Gasteiger partial charge in [0.1, 0.15) is 6.04 Å². The van der Waals surface area contributed by atoms with Gasteiger partial charge in [-0.15, -0.1) is 0 Å². The maximum absolute atomic E-state index is 13.3. The Labute approximate surface area is 233 Å². The van der Waals surface area contributed by atoms with Crippen LogP contribution in [0.1, 0.15) is 67.2 Å². The second-order valence-corrected chi connectivity index (χ2v) is 11.2. The van der Waals surface area contributed by atoms with Crippen molar-refractivity contribution in [1.82, 2.24) is 21.3 Å². The molecule has 5 N–H and O–H groups in total. The summed E-state index contributed by atoms with van der Waals surface area (Å²) in [6, 6.07) is 7.75. The van der Waals surface area contributed by atoms with Crippen molar-refractivity contribution < 1.29 is 27.6 Å². The predicted molar refractivity (Wildman–Crippen MR) is 150 cm³/mol. The average Bonchev–Trinajstić information content (AvgIpc) is 2.81. The van der Waals surface area contributed by atoms with Crippen LogP contribution < -0.4 is 26.6 Å². The maximum atomic E-state index is 13.3. The van der Waals surface area contributed by atoms with Crippen LogP contribution in [0.15, 0.2) is 36.4 Å². The Balaban J connectivity index is 2.10. The van der Waals surface area contributed by atoms with E-state index < -0.39 is 47.6 Å². The Kier molecular flexibility index (Phi) is 11.1. The highest BCUT2D eigenvalue weighted by Crippen LogP contribution is 2.32. The highest BCUT2D eigenvalue weighted by molar-refractivity contribution is 6.01. The van der Waals surface area contributed by atoms with Gasteiger partial charge in [-0.1, -0.05) is 23.8 Å². The Bertz CT molecular complexity index is 1210. The summed E-state index contributed by atoms with van der Waals surface area (Å²) >= 11 is 0. The van der Waals surface area contributed by atoms with E-state index in [1.165, 1.54) is 6.07 Å². The summed E-state index contributed by atoms with van der Waals surface area (Å²) in [6.07, 6.45) is -4.64. The largest absolute Gasteiger partial charge is 0.416 e. The van der Waals surface area contributed by atoms with Gasteiger partial charge in [0, 0.05) is 30.4 Å². The lowest BCUT2D eigenvalue weighted by Gasteiger charge is -2.26. The first kappa shape index (κ1) is 32.6. The van der Waals surface area contributed by atoms with E-state index in [1.54, 1.807) is 13.8 Å². The third-order valence-corrected chi connectivity index (χ3v) is 5.76. The summed E-state index contributed by atoms with van der Waals surface area (Å²) in [4.78, 5) is 38.5. The van der Waals surface area contributed by atoms with E-state index >= 15 is 0 Å². The van der Waals surface area contributed by atoms with Gasteiger partial charge in [0.15, 0.2) is 0 Å². The van der Waals surface area contributed by atoms with Gasteiger partial charge >= 0.3 is 6.18 Å². The highest BCUT2D eigenvalue weighted by Gasteiger charge is 2.32. The number of hydrogen-bond acceptors (Lipinski definition) is 5. The van der Waals surface area contributed by atoms with E-state index in [4.69, 9.17) is 0 Å². The third kappa shape index (κ3) is 10.5. The van der Waals surface area contributed by atoms with Crippen LogP contribution in [0.2, 0.25) is 0 Å². The molecule has 0 bridgehead atoms. The fourth-order valence-electron chi connectivity index (χ4n) is 3.91. The minimum Gasteiger partial charge on any atom is -0.382 e. The van der Waals surface area contributed by atoms with Crippen LogP contribution in [-0.2, 0) is 22.3 Å². The Morgan fingerprint density at radius 2 is 1.62 bits per heavy atom. The first-order chi connectivity index (χ1) is 18.5. The molecule has 0 radical (unpaired) electrons. The van der Waals surface area contributed by atoms with Crippen molar-refractivity contribution in [2.24, 2.45) is 0 Å². The number of amides is 3. The molecule has 0 saturated carbocycles. The van der Waals surface area contributed by atoms with Crippen molar-refractivity contribution in [3.05, 3.63) is 64.2 Å². The molecule has 0 aliphatic carbocycles. The monoisotopic (exact) mass is 563 g/mol. The highest BCUT2D eigenvalue weighted by atomic mass is 19.4. The second kappa shape index (κ2) is 13.6. The van der Waals surface area contributed by atoms with Gasteiger partial charge in [0.2, 0.25) is 11.8 Å². The van der Waals surface area contributed by atoms with Gasteiger partial charge in [0.25, 0.3) is 5.91 Å². The second-order valence-electron chi connectivity index (χ2n) is 11.2. The fourth-order valence-corrected chi connectivity index (χ4v) is 3.91.